The molecule has 3 aliphatic rings. The molecule has 0 aromatic rings. The molecule has 10 heavy (non-hydrogen) atoms. The van der Waals surface area contributed by atoms with Gasteiger partial charge >= 0.3 is 0 Å². The van der Waals surface area contributed by atoms with Crippen molar-refractivity contribution < 1.29 is 9.47 Å². The van der Waals surface area contributed by atoms with Crippen molar-refractivity contribution in [3.63, 3.8) is 0 Å². The summed E-state index contributed by atoms with van der Waals surface area (Å²) < 4.78 is 10.9. The van der Waals surface area contributed by atoms with Gasteiger partial charge in [-0.05, 0) is 12.3 Å². The maximum absolute atomic E-state index is 5.51. The zero-order chi connectivity index (χ0) is 6.72. The minimum atomic E-state index is 0.503. The number of ether oxygens (including phenoxy) is 2. The van der Waals surface area contributed by atoms with Gasteiger partial charge in [0.05, 0.1) is 12.2 Å². The van der Waals surface area contributed by atoms with E-state index in [2.05, 4.69) is 6.92 Å². The summed E-state index contributed by atoms with van der Waals surface area (Å²) in [5, 5.41) is 0. The minimum Gasteiger partial charge on any atom is -0.367 e. The molecule has 0 spiro atoms. The highest BCUT2D eigenvalue weighted by Gasteiger charge is 2.64. The highest BCUT2D eigenvalue weighted by atomic mass is 16.7. The second-order valence-corrected chi connectivity index (χ2v) is 3.61. The third-order valence-electron chi connectivity index (χ3n) is 3.03. The first kappa shape index (κ1) is 5.56. The van der Waals surface area contributed by atoms with Gasteiger partial charge in [0.1, 0.15) is 12.2 Å². The predicted molar refractivity (Wildman–Crippen MR) is 35.7 cm³/mol. The van der Waals surface area contributed by atoms with Crippen LogP contribution in [-0.4, -0.2) is 24.4 Å². The van der Waals surface area contributed by atoms with Crippen molar-refractivity contribution in [2.75, 3.05) is 0 Å². The van der Waals surface area contributed by atoms with Crippen molar-refractivity contribution in [1.82, 2.24) is 0 Å². The number of epoxide rings is 2. The minimum absolute atomic E-state index is 0.503. The smallest absolute Gasteiger partial charge is 0.113 e. The van der Waals surface area contributed by atoms with Crippen molar-refractivity contribution in [2.45, 2.75) is 44.2 Å². The molecule has 2 nitrogen and oxygen atoms in total. The second kappa shape index (κ2) is 1.56. The van der Waals surface area contributed by atoms with Gasteiger partial charge in [-0.3, -0.25) is 0 Å². The molecule has 0 radical (unpaired) electrons. The van der Waals surface area contributed by atoms with E-state index in [-0.39, 0.29) is 0 Å². The molecule has 5 atom stereocenters. The van der Waals surface area contributed by atoms with Crippen LogP contribution in [0.1, 0.15) is 19.8 Å². The van der Waals surface area contributed by atoms with E-state index < -0.39 is 0 Å². The molecule has 2 saturated heterocycles. The molecule has 1 saturated carbocycles. The van der Waals surface area contributed by atoms with Gasteiger partial charge in [-0.1, -0.05) is 13.3 Å². The van der Waals surface area contributed by atoms with Gasteiger partial charge in [-0.15, -0.1) is 0 Å². The Morgan fingerprint density at radius 3 is 2.90 bits per heavy atom. The topological polar surface area (TPSA) is 25.1 Å². The van der Waals surface area contributed by atoms with Gasteiger partial charge in [0, 0.05) is 0 Å². The highest BCUT2D eigenvalue weighted by molar-refractivity contribution is 5.10. The third-order valence-corrected chi connectivity index (χ3v) is 3.03. The lowest BCUT2D eigenvalue weighted by molar-refractivity contribution is 0.255. The van der Waals surface area contributed by atoms with E-state index in [1.807, 2.05) is 0 Å². The Morgan fingerprint density at radius 1 is 1.20 bits per heavy atom. The summed E-state index contributed by atoms with van der Waals surface area (Å²) >= 11 is 0. The molecular formula is C8H12O2. The lowest BCUT2D eigenvalue weighted by Gasteiger charge is -2.11. The standard InChI is InChI=1S/C8H12O2/c1-2-4-3-5-7(9-5)8-6(4)10-8/h4-8H,2-3H2,1H3. The van der Waals surface area contributed by atoms with Crippen LogP contribution >= 0.6 is 0 Å². The largest absolute Gasteiger partial charge is 0.367 e. The summed E-state index contributed by atoms with van der Waals surface area (Å²) in [6.45, 7) is 2.24. The van der Waals surface area contributed by atoms with E-state index in [1.165, 1.54) is 12.8 Å². The van der Waals surface area contributed by atoms with Gasteiger partial charge in [0.2, 0.25) is 0 Å². The van der Waals surface area contributed by atoms with E-state index in [0.29, 0.717) is 24.4 Å². The number of rotatable bonds is 1. The van der Waals surface area contributed by atoms with Crippen LogP contribution in [0.3, 0.4) is 0 Å². The molecule has 0 N–H and O–H groups in total. The van der Waals surface area contributed by atoms with Gasteiger partial charge in [-0.2, -0.15) is 0 Å². The number of fused-ring (bicyclic) bond motifs is 3. The zero-order valence-electron chi connectivity index (χ0n) is 6.12. The van der Waals surface area contributed by atoms with Crippen molar-refractivity contribution in [3.8, 4) is 0 Å². The lowest BCUT2D eigenvalue weighted by Crippen LogP contribution is -2.21. The fraction of sp³-hybridized carbons (Fsp3) is 1.00. The molecule has 0 bridgehead atoms. The average Bonchev–Trinajstić information content (AvgIpc) is 2.78. The van der Waals surface area contributed by atoms with Gasteiger partial charge < -0.3 is 9.47 Å². The molecule has 2 aliphatic heterocycles. The predicted octanol–water partition coefficient (Wildman–Crippen LogP) is 0.951. The van der Waals surface area contributed by atoms with Crippen LogP contribution < -0.4 is 0 Å². The van der Waals surface area contributed by atoms with E-state index in [0.717, 1.165) is 5.92 Å². The van der Waals surface area contributed by atoms with Crippen LogP contribution in [-0.2, 0) is 9.47 Å². The SMILES string of the molecule is CCC1CC2OC2C2OC12. The molecule has 2 heteroatoms. The second-order valence-electron chi connectivity index (χ2n) is 3.61. The maximum atomic E-state index is 5.51. The van der Waals surface area contributed by atoms with Crippen molar-refractivity contribution >= 4 is 0 Å². The van der Waals surface area contributed by atoms with E-state index in [1.54, 1.807) is 0 Å². The molecule has 0 amide bonds. The van der Waals surface area contributed by atoms with E-state index in [4.69, 9.17) is 9.47 Å². The first-order valence-corrected chi connectivity index (χ1v) is 4.21. The van der Waals surface area contributed by atoms with Crippen LogP contribution in [0.15, 0.2) is 0 Å². The molecule has 0 aromatic carbocycles. The summed E-state index contributed by atoms with van der Waals surface area (Å²) in [5.74, 6) is 0.800. The van der Waals surface area contributed by atoms with Crippen LogP contribution in [0.2, 0.25) is 0 Å². The normalized spacial score (nSPS) is 62.7. The Bertz CT molecular complexity index is 169. The van der Waals surface area contributed by atoms with Crippen molar-refractivity contribution in [3.05, 3.63) is 0 Å². The summed E-state index contributed by atoms with van der Waals surface area (Å²) in [6.07, 6.45) is 4.68. The molecule has 3 fully saturated rings. The summed E-state index contributed by atoms with van der Waals surface area (Å²) in [5.41, 5.74) is 0. The Hall–Kier alpha value is -0.0800. The van der Waals surface area contributed by atoms with Crippen LogP contribution in [0.25, 0.3) is 0 Å². The van der Waals surface area contributed by atoms with Crippen LogP contribution in [0.5, 0.6) is 0 Å². The lowest BCUT2D eigenvalue weighted by atomic mass is 9.88. The van der Waals surface area contributed by atoms with Crippen LogP contribution in [0.4, 0.5) is 0 Å². The van der Waals surface area contributed by atoms with Gasteiger partial charge in [-0.25, -0.2) is 0 Å². The first-order chi connectivity index (χ1) is 4.90. The molecule has 2 heterocycles. The Morgan fingerprint density at radius 2 is 2.10 bits per heavy atom. The first-order valence-electron chi connectivity index (χ1n) is 4.21. The van der Waals surface area contributed by atoms with Crippen molar-refractivity contribution in [2.24, 2.45) is 5.92 Å². The highest BCUT2D eigenvalue weighted by Crippen LogP contribution is 2.51. The van der Waals surface area contributed by atoms with Gasteiger partial charge in [0.25, 0.3) is 0 Å². The van der Waals surface area contributed by atoms with E-state index in [9.17, 15) is 0 Å². The number of hydrogen-bond donors (Lipinski definition) is 0. The van der Waals surface area contributed by atoms with Gasteiger partial charge in [0.15, 0.2) is 0 Å². The molecule has 1 aliphatic carbocycles. The zero-order valence-corrected chi connectivity index (χ0v) is 6.12. The maximum Gasteiger partial charge on any atom is 0.113 e. The van der Waals surface area contributed by atoms with Crippen LogP contribution in [0, 0.1) is 5.92 Å². The molecular weight excluding hydrogens is 128 g/mol. The van der Waals surface area contributed by atoms with E-state index >= 15 is 0 Å². The fourth-order valence-corrected chi connectivity index (χ4v) is 2.25. The summed E-state index contributed by atoms with van der Waals surface area (Å²) in [4.78, 5) is 0. The Balaban J connectivity index is 1.78. The molecule has 3 rings (SSSR count). The molecule has 0 aromatic heterocycles. The quantitative estimate of drug-likeness (QED) is 0.507. The Kier molecular flexibility index (Phi) is 0.868. The molecule has 5 unspecified atom stereocenters. The summed E-state index contributed by atoms with van der Waals surface area (Å²) in [6, 6.07) is 0. The monoisotopic (exact) mass is 140 g/mol. The Labute approximate surface area is 60.5 Å². The average molecular weight is 140 g/mol. The van der Waals surface area contributed by atoms with Crippen molar-refractivity contribution in [1.29, 1.82) is 0 Å². The molecule has 56 valence electrons. The summed E-state index contributed by atoms with van der Waals surface area (Å²) in [7, 11) is 0. The number of hydrogen-bond acceptors (Lipinski definition) is 2. The third kappa shape index (κ3) is 0.565. The fourth-order valence-electron chi connectivity index (χ4n) is 2.25.